The van der Waals surface area contributed by atoms with E-state index in [0.29, 0.717) is 23.8 Å². The van der Waals surface area contributed by atoms with Gasteiger partial charge in [-0.15, -0.1) is 0 Å². The molecule has 1 N–H and O–H groups in total. The van der Waals surface area contributed by atoms with Gasteiger partial charge in [0.1, 0.15) is 18.3 Å². The second kappa shape index (κ2) is 15.1. The number of hydrogen-bond donors (Lipinski definition) is 1. The number of benzene rings is 3. The molecule has 0 saturated carbocycles. The maximum atomic E-state index is 14.2. The minimum absolute atomic E-state index is 0.0522. The van der Waals surface area contributed by atoms with Gasteiger partial charge in [0.05, 0.1) is 33.3 Å². The van der Waals surface area contributed by atoms with Crippen LogP contribution in [0.2, 0.25) is 0 Å². The maximum absolute atomic E-state index is 14.2. The van der Waals surface area contributed by atoms with Crippen molar-refractivity contribution < 1.29 is 32.2 Å². The third-order valence-corrected chi connectivity index (χ3v) is 7.78. The lowest BCUT2D eigenvalue weighted by atomic mass is 10.0. The highest BCUT2D eigenvalue weighted by Crippen LogP contribution is 2.32. The molecule has 0 bridgehead atoms. The molecule has 42 heavy (non-hydrogen) atoms. The van der Waals surface area contributed by atoms with Crippen LogP contribution in [0, 0.1) is 0 Å². The lowest BCUT2D eigenvalue weighted by Crippen LogP contribution is -2.53. The molecular formula is C31H39N3O7S. The summed E-state index contributed by atoms with van der Waals surface area (Å²) in [5.41, 5.74) is 1.80. The topological polar surface area (TPSA) is 114 Å². The molecule has 226 valence electrons. The zero-order chi connectivity index (χ0) is 30.7. The Morgan fingerprint density at radius 2 is 1.55 bits per heavy atom. The Hall–Kier alpha value is -4.25. The Morgan fingerprint density at radius 3 is 2.17 bits per heavy atom. The van der Waals surface area contributed by atoms with Crippen LogP contribution >= 0.6 is 0 Å². The van der Waals surface area contributed by atoms with Crippen molar-refractivity contribution in [2.45, 2.75) is 32.4 Å². The smallest absolute Gasteiger partial charge is 0.244 e. The highest BCUT2D eigenvalue weighted by Gasteiger charge is 2.33. The summed E-state index contributed by atoms with van der Waals surface area (Å²) in [7, 11) is 0.538. The zero-order valence-corrected chi connectivity index (χ0v) is 25.5. The molecule has 0 aliphatic heterocycles. The van der Waals surface area contributed by atoms with E-state index in [1.807, 2.05) is 43.3 Å². The first-order valence-electron chi connectivity index (χ1n) is 13.5. The first kappa shape index (κ1) is 32.3. The number of ether oxygens (including phenoxy) is 3. The fraction of sp³-hybridized carbons (Fsp3) is 0.355. The van der Waals surface area contributed by atoms with Crippen molar-refractivity contribution in [1.82, 2.24) is 10.2 Å². The van der Waals surface area contributed by atoms with E-state index in [-0.39, 0.29) is 24.6 Å². The molecule has 2 amide bonds. The van der Waals surface area contributed by atoms with Crippen LogP contribution in [0.15, 0.2) is 72.8 Å². The number of sulfonamides is 1. The third-order valence-electron chi connectivity index (χ3n) is 6.64. The molecule has 1 atom stereocenters. The van der Waals surface area contributed by atoms with Crippen molar-refractivity contribution in [2.75, 3.05) is 45.0 Å². The standard InChI is InChI=1S/C31H39N3O7S/c1-6-17-32-31(36)27(19-23-11-8-7-9-12-23)33(21-24-13-10-14-26(18-24)39-2)30(35)22-34(42(5,37)38)25-15-16-28(40-3)29(20-25)41-4/h7-16,18,20,27H,6,17,19,21-22H2,1-5H3,(H,32,36). The van der Waals surface area contributed by atoms with E-state index in [4.69, 9.17) is 14.2 Å². The molecule has 0 aliphatic rings. The Morgan fingerprint density at radius 1 is 0.857 bits per heavy atom. The van der Waals surface area contributed by atoms with Crippen LogP contribution in [0.3, 0.4) is 0 Å². The molecule has 1 unspecified atom stereocenters. The van der Waals surface area contributed by atoms with Gasteiger partial charge in [-0.05, 0) is 41.8 Å². The van der Waals surface area contributed by atoms with E-state index < -0.39 is 28.5 Å². The molecular weight excluding hydrogens is 558 g/mol. The molecule has 11 heteroatoms. The number of anilines is 1. The molecule has 0 aromatic heterocycles. The van der Waals surface area contributed by atoms with Gasteiger partial charge >= 0.3 is 0 Å². The Balaban J connectivity index is 2.08. The lowest BCUT2D eigenvalue weighted by Gasteiger charge is -2.33. The number of amides is 2. The number of rotatable bonds is 15. The van der Waals surface area contributed by atoms with Crippen LogP contribution in [0.25, 0.3) is 0 Å². The number of nitrogens with zero attached hydrogens (tertiary/aromatic N) is 2. The summed E-state index contributed by atoms with van der Waals surface area (Å²) in [6.07, 6.45) is 1.98. The normalized spacial score (nSPS) is 11.7. The van der Waals surface area contributed by atoms with E-state index >= 15 is 0 Å². The first-order chi connectivity index (χ1) is 20.1. The maximum Gasteiger partial charge on any atom is 0.244 e. The SMILES string of the molecule is CCCNC(=O)C(Cc1ccccc1)N(Cc1cccc(OC)c1)C(=O)CN(c1ccc(OC)c(OC)c1)S(C)(=O)=O. The van der Waals surface area contributed by atoms with Crippen LogP contribution < -0.4 is 23.8 Å². The predicted octanol–water partition coefficient (Wildman–Crippen LogP) is 3.64. The predicted molar refractivity (Wildman–Crippen MR) is 163 cm³/mol. The van der Waals surface area contributed by atoms with Gasteiger partial charge in [0.25, 0.3) is 0 Å². The van der Waals surface area contributed by atoms with E-state index in [0.717, 1.165) is 28.1 Å². The Labute approximate surface area is 248 Å². The highest BCUT2D eigenvalue weighted by molar-refractivity contribution is 7.92. The van der Waals surface area contributed by atoms with Crippen LogP contribution in [0.1, 0.15) is 24.5 Å². The van der Waals surface area contributed by atoms with Crippen LogP contribution in [0.4, 0.5) is 5.69 Å². The van der Waals surface area contributed by atoms with Crippen molar-refractivity contribution >= 4 is 27.5 Å². The summed E-state index contributed by atoms with van der Waals surface area (Å²) < 4.78 is 43.0. The fourth-order valence-electron chi connectivity index (χ4n) is 4.48. The van der Waals surface area contributed by atoms with Crippen molar-refractivity contribution in [1.29, 1.82) is 0 Å². The average Bonchev–Trinajstić information content (AvgIpc) is 2.99. The van der Waals surface area contributed by atoms with Crippen molar-refractivity contribution in [3.05, 3.63) is 83.9 Å². The molecule has 0 heterocycles. The molecule has 0 fully saturated rings. The Bertz CT molecular complexity index is 1450. The van der Waals surface area contributed by atoms with Gasteiger partial charge in [0.15, 0.2) is 11.5 Å². The lowest BCUT2D eigenvalue weighted by molar-refractivity contribution is -0.140. The molecule has 0 spiro atoms. The molecule has 3 aromatic rings. The molecule has 10 nitrogen and oxygen atoms in total. The second-order valence-corrected chi connectivity index (χ2v) is 11.6. The van der Waals surface area contributed by atoms with E-state index in [1.165, 1.54) is 31.3 Å². The van der Waals surface area contributed by atoms with Gasteiger partial charge in [0, 0.05) is 25.6 Å². The second-order valence-electron chi connectivity index (χ2n) is 9.68. The largest absolute Gasteiger partial charge is 0.497 e. The third kappa shape index (κ3) is 8.62. The van der Waals surface area contributed by atoms with Crippen molar-refractivity contribution in [3.63, 3.8) is 0 Å². The van der Waals surface area contributed by atoms with E-state index in [2.05, 4.69) is 5.32 Å². The first-order valence-corrected chi connectivity index (χ1v) is 15.4. The molecule has 0 radical (unpaired) electrons. The molecule has 0 aliphatic carbocycles. The van der Waals surface area contributed by atoms with Gasteiger partial charge in [-0.25, -0.2) is 8.42 Å². The average molecular weight is 598 g/mol. The van der Waals surface area contributed by atoms with Crippen LogP contribution in [-0.4, -0.2) is 71.8 Å². The highest BCUT2D eigenvalue weighted by atomic mass is 32.2. The molecule has 0 saturated heterocycles. The summed E-state index contributed by atoms with van der Waals surface area (Å²) in [6.45, 7) is 1.90. The Kier molecular flexibility index (Phi) is 11.6. The van der Waals surface area contributed by atoms with Gasteiger partial charge in [0.2, 0.25) is 21.8 Å². The zero-order valence-electron chi connectivity index (χ0n) is 24.7. The van der Waals surface area contributed by atoms with Crippen LogP contribution in [0.5, 0.6) is 17.2 Å². The quantitative estimate of drug-likeness (QED) is 0.285. The monoisotopic (exact) mass is 597 g/mol. The van der Waals surface area contributed by atoms with Crippen molar-refractivity contribution in [2.24, 2.45) is 0 Å². The van der Waals surface area contributed by atoms with E-state index in [9.17, 15) is 18.0 Å². The van der Waals surface area contributed by atoms with Gasteiger partial charge in [-0.2, -0.15) is 0 Å². The number of carbonyl (C=O) groups is 2. The van der Waals surface area contributed by atoms with Gasteiger partial charge in [-0.3, -0.25) is 13.9 Å². The fourth-order valence-corrected chi connectivity index (χ4v) is 5.32. The van der Waals surface area contributed by atoms with Crippen LogP contribution in [-0.2, 0) is 32.6 Å². The summed E-state index contributed by atoms with van der Waals surface area (Å²) in [5.74, 6) is 0.444. The molecule has 3 rings (SSSR count). The number of hydrogen-bond acceptors (Lipinski definition) is 7. The summed E-state index contributed by atoms with van der Waals surface area (Å²) >= 11 is 0. The summed E-state index contributed by atoms with van der Waals surface area (Å²) in [6, 6.07) is 20.3. The minimum Gasteiger partial charge on any atom is -0.497 e. The van der Waals surface area contributed by atoms with E-state index in [1.54, 1.807) is 31.4 Å². The van der Waals surface area contributed by atoms with Gasteiger partial charge in [-0.1, -0.05) is 49.4 Å². The number of carbonyl (C=O) groups excluding carboxylic acids is 2. The minimum atomic E-state index is -3.92. The van der Waals surface area contributed by atoms with Crippen molar-refractivity contribution in [3.8, 4) is 17.2 Å². The van der Waals surface area contributed by atoms with Gasteiger partial charge < -0.3 is 24.4 Å². The summed E-state index contributed by atoms with van der Waals surface area (Å²) in [4.78, 5) is 29.2. The number of methoxy groups -OCH3 is 3. The molecule has 3 aromatic carbocycles. The number of nitrogens with one attached hydrogen (secondary N) is 1. The summed E-state index contributed by atoms with van der Waals surface area (Å²) in [5, 5.41) is 2.92.